The minimum atomic E-state index is -0.442. The minimum absolute atomic E-state index is 0.138. The Labute approximate surface area is 177 Å². The summed E-state index contributed by atoms with van der Waals surface area (Å²) in [4.78, 5) is 24.3. The quantitative estimate of drug-likeness (QED) is 0.501. The van der Waals surface area contributed by atoms with Crippen molar-refractivity contribution < 1.29 is 14.0 Å². The van der Waals surface area contributed by atoms with Crippen LogP contribution in [0.3, 0.4) is 0 Å². The lowest BCUT2D eigenvalue weighted by Crippen LogP contribution is -2.13. The third-order valence-corrected chi connectivity index (χ3v) is 4.40. The molecule has 0 bridgehead atoms. The molecule has 0 fully saturated rings. The largest absolute Gasteiger partial charge is 0.318 e. The second kappa shape index (κ2) is 8.62. The van der Waals surface area contributed by atoms with Crippen LogP contribution in [0.15, 0.2) is 73.1 Å². The van der Waals surface area contributed by atoms with Crippen LogP contribution in [0.4, 0.5) is 15.9 Å². The number of para-hydroxylation sites is 1. The Kier molecular flexibility index (Phi) is 5.57. The van der Waals surface area contributed by atoms with E-state index in [9.17, 15) is 14.0 Å². The summed E-state index contributed by atoms with van der Waals surface area (Å²) in [5, 5.41) is 14.0. The van der Waals surface area contributed by atoms with Crippen LogP contribution in [-0.2, 0) is 11.3 Å². The minimum Gasteiger partial charge on any atom is -0.318 e. The van der Waals surface area contributed by atoms with Gasteiger partial charge in [0.15, 0.2) is 5.69 Å². The molecule has 0 aliphatic heterocycles. The van der Waals surface area contributed by atoms with Gasteiger partial charge in [-0.15, -0.1) is 0 Å². The number of aromatic nitrogens is 4. The Morgan fingerprint density at radius 1 is 1.03 bits per heavy atom. The predicted octanol–water partition coefficient (Wildman–Crippen LogP) is 3.47. The van der Waals surface area contributed by atoms with Gasteiger partial charge in [0.05, 0.1) is 24.1 Å². The van der Waals surface area contributed by atoms with Gasteiger partial charge in [-0.05, 0) is 29.8 Å². The molecule has 2 N–H and O–H groups in total. The summed E-state index contributed by atoms with van der Waals surface area (Å²) in [5.74, 6) is -0.629. The van der Waals surface area contributed by atoms with Crippen molar-refractivity contribution in [1.82, 2.24) is 19.6 Å². The van der Waals surface area contributed by atoms with Crippen molar-refractivity contribution in [1.29, 1.82) is 0 Å². The summed E-state index contributed by atoms with van der Waals surface area (Å²) in [6.07, 6.45) is 3.19. The molecule has 8 nitrogen and oxygen atoms in total. The van der Waals surface area contributed by atoms with E-state index in [-0.39, 0.29) is 17.4 Å². The van der Waals surface area contributed by atoms with Crippen molar-refractivity contribution in [3.05, 3.63) is 90.1 Å². The number of amides is 2. The van der Waals surface area contributed by atoms with Crippen LogP contribution in [0.1, 0.15) is 23.0 Å². The Balaban J connectivity index is 1.51. The van der Waals surface area contributed by atoms with E-state index in [1.807, 2.05) is 30.3 Å². The van der Waals surface area contributed by atoms with Crippen molar-refractivity contribution in [3.63, 3.8) is 0 Å². The van der Waals surface area contributed by atoms with Crippen molar-refractivity contribution in [2.24, 2.45) is 0 Å². The highest BCUT2D eigenvalue weighted by atomic mass is 19.1. The summed E-state index contributed by atoms with van der Waals surface area (Å²) < 4.78 is 16.2. The van der Waals surface area contributed by atoms with Gasteiger partial charge in [0.25, 0.3) is 5.91 Å². The van der Waals surface area contributed by atoms with Gasteiger partial charge in [0.2, 0.25) is 5.91 Å². The van der Waals surface area contributed by atoms with E-state index in [2.05, 4.69) is 20.8 Å². The molecule has 4 rings (SSSR count). The van der Waals surface area contributed by atoms with Crippen LogP contribution in [0.25, 0.3) is 5.69 Å². The lowest BCUT2D eigenvalue weighted by atomic mass is 10.2. The maximum Gasteiger partial charge on any atom is 0.276 e. The average Bonchev–Trinajstić information content (AvgIpc) is 3.37. The number of anilines is 2. The Morgan fingerprint density at radius 2 is 1.77 bits per heavy atom. The third-order valence-electron chi connectivity index (χ3n) is 4.40. The van der Waals surface area contributed by atoms with E-state index >= 15 is 0 Å². The third kappa shape index (κ3) is 4.84. The molecule has 31 heavy (non-hydrogen) atoms. The summed E-state index contributed by atoms with van der Waals surface area (Å²) in [6, 6.07) is 16.8. The molecule has 9 heteroatoms. The second-order valence-electron chi connectivity index (χ2n) is 6.85. The summed E-state index contributed by atoms with van der Waals surface area (Å²) in [6.45, 7) is 1.82. The van der Waals surface area contributed by atoms with E-state index in [1.54, 1.807) is 23.0 Å². The summed E-state index contributed by atoms with van der Waals surface area (Å²) in [7, 11) is 0. The van der Waals surface area contributed by atoms with Gasteiger partial charge in [-0.3, -0.25) is 14.3 Å². The summed E-state index contributed by atoms with van der Waals surface area (Å²) >= 11 is 0. The van der Waals surface area contributed by atoms with Crippen molar-refractivity contribution in [2.45, 2.75) is 13.5 Å². The van der Waals surface area contributed by atoms with Gasteiger partial charge >= 0.3 is 0 Å². The molecule has 0 spiro atoms. The first-order valence-corrected chi connectivity index (χ1v) is 9.49. The standard InChI is InChI=1S/C22H19FN6O2/c1-15(30)25-21-11-20(27-29(21)19-5-3-2-4-6-19)22(31)26-18-12-24-28(14-18)13-16-7-9-17(23)10-8-16/h2-12,14H,13H2,1H3,(H,25,30)(H,26,31). The average molecular weight is 418 g/mol. The fourth-order valence-electron chi connectivity index (χ4n) is 3.01. The van der Waals surface area contributed by atoms with E-state index < -0.39 is 5.91 Å². The molecule has 2 aromatic carbocycles. The molecule has 0 radical (unpaired) electrons. The molecule has 2 aromatic heterocycles. The highest BCUT2D eigenvalue weighted by Crippen LogP contribution is 2.18. The van der Waals surface area contributed by atoms with Crippen LogP contribution in [-0.4, -0.2) is 31.4 Å². The zero-order valence-electron chi connectivity index (χ0n) is 16.6. The fraction of sp³-hybridized carbons (Fsp3) is 0.0909. The zero-order valence-corrected chi connectivity index (χ0v) is 16.6. The van der Waals surface area contributed by atoms with Gasteiger partial charge in [0.1, 0.15) is 11.6 Å². The SMILES string of the molecule is CC(=O)Nc1cc(C(=O)Nc2cnn(Cc3ccc(F)cc3)c2)nn1-c1ccccc1. The lowest BCUT2D eigenvalue weighted by Gasteiger charge is -2.06. The maximum atomic E-state index is 13.0. The highest BCUT2D eigenvalue weighted by Gasteiger charge is 2.17. The van der Waals surface area contributed by atoms with Crippen molar-refractivity contribution >= 4 is 23.3 Å². The highest BCUT2D eigenvalue weighted by molar-refractivity contribution is 6.03. The molecular weight excluding hydrogens is 399 g/mol. The second-order valence-corrected chi connectivity index (χ2v) is 6.85. The van der Waals surface area contributed by atoms with Crippen LogP contribution in [0.5, 0.6) is 0 Å². The van der Waals surface area contributed by atoms with Crippen LogP contribution < -0.4 is 10.6 Å². The molecule has 0 unspecified atom stereocenters. The van der Waals surface area contributed by atoms with Crippen LogP contribution >= 0.6 is 0 Å². The number of halogens is 1. The van der Waals surface area contributed by atoms with E-state index in [4.69, 9.17) is 0 Å². The lowest BCUT2D eigenvalue weighted by molar-refractivity contribution is -0.114. The fourth-order valence-corrected chi connectivity index (χ4v) is 3.01. The molecule has 0 aliphatic carbocycles. The molecule has 0 atom stereocenters. The number of carbonyl (C=O) groups is 2. The monoisotopic (exact) mass is 418 g/mol. The Morgan fingerprint density at radius 3 is 2.48 bits per heavy atom. The Bertz CT molecular complexity index is 1210. The van der Waals surface area contributed by atoms with Gasteiger partial charge in [-0.2, -0.15) is 10.2 Å². The first-order chi connectivity index (χ1) is 15.0. The van der Waals surface area contributed by atoms with Gasteiger partial charge in [-0.1, -0.05) is 30.3 Å². The Hall–Kier alpha value is -4.27. The van der Waals surface area contributed by atoms with E-state index in [0.717, 1.165) is 5.56 Å². The smallest absolute Gasteiger partial charge is 0.276 e. The van der Waals surface area contributed by atoms with Crippen molar-refractivity contribution in [3.8, 4) is 5.69 Å². The molecular formula is C22H19FN6O2. The number of benzene rings is 2. The number of nitrogens with zero attached hydrogens (tertiary/aromatic N) is 4. The van der Waals surface area contributed by atoms with Crippen molar-refractivity contribution in [2.75, 3.05) is 10.6 Å². The first-order valence-electron chi connectivity index (χ1n) is 9.49. The molecule has 0 aliphatic rings. The number of nitrogens with one attached hydrogen (secondary N) is 2. The normalized spacial score (nSPS) is 10.6. The number of hydrogen-bond donors (Lipinski definition) is 2. The molecule has 0 saturated heterocycles. The number of rotatable bonds is 6. The van der Waals surface area contributed by atoms with E-state index in [0.29, 0.717) is 23.7 Å². The zero-order chi connectivity index (χ0) is 21.8. The van der Waals surface area contributed by atoms with E-state index in [1.165, 1.54) is 36.0 Å². The van der Waals surface area contributed by atoms with Gasteiger partial charge in [-0.25, -0.2) is 9.07 Å². The number of hydrogen-bond acceptors (Lipinski definition) is 4. The number of carbonyl (C=O) groups excluding carboxylic acids is 2. The predicted molar refractivity (Wildman–Crippen MR) is 114 cm³/mol. The molecule has 2 heterocycles. The molecule has 4 aromatic rings. The van der Waals surface area contributed by atoms with Gasteiger partial charge < -0.3 is 10.6 Å². The molecule has 2 amide bonds. The first kappa shape index (κ1) is 20.0. The van der Waals surface area contributed by atoms with Gasteiger partial charge in [0, 0.05) is 19.2 Å². The van der Waals surface area contributed by atoms with Crippen LogP contribution in [0, 0.1) is 5.82 Å². The topological polar surface area (TPSA) is 93.8 Å². The molecule has 0 saturated carbocycles. The maximum absolute atomic E-state index is 13.0. The molecule has 156 valence electrons. The summed E-state index contributed by atoms with van der Waals surface area (Å²) in [5.41, 5.74) is 2.21. The van der Waals surface area contributed by atoms with Crippen LogP contribution in [0.2, 0.25) is 0 Å².